The van der Waals surface area contributed by atoms with Gasteiger partial charge in [0.1, 0.15) is 12.0 Å². The van der Waals surface area contributed by atoms with Crippen molar-refractivity contribution in [3.05, 3.63) is 118 Å². The van der Waals surface area contributed by atoms with E-state index in [4.69, 9.17) is 9.98 Å². The van der Waals surface area contributed by atoms with Crippen LogP contribution in [0.2, 0.25) is 0 Å². The Morgan fingerprint density at radius 1 is 0.976 bits per heavy atom. The van der Waals surface area contributed by atoms with E-state index in [1.165, 1.54) is 37.4 Å². The highest BCUT2D eigenvalue weighted by molar-refractivity contribution is 7.20. The zero-order chi connectivity index (χ0) is 28.6. The fraction of sp³-hybridized carbons (Fsp3) is 0.297. The molecule has 5 aliphatic rings. The maximum absolute atomic E-state index is 5.48. The van der Waals surface area contributed by atoms with Gasteiger partial charge < -0.3 is 9.80 Å². The molecule has 0 bridgehead atoms. The van der Waals surface area contributed by atoms with Gasteiger partial charge in [-0.1, -0.05) is 98.9 Å². The molecular formula is C37H36N4S. The molecule has 8 rings (SSSR count). The predicted molar refractivity (Wildman–Crippen MR) is 179 cm³/mol. The summed E-state index contributed by atoms with van der Waals surface area (Å²) in [6.45, 7) is 7.01. The van der Waals surface area contributed by atoms with Crippen LogP contribution in [0.1, 0.15) is 67.0 Å². The van der Waals surface area contributed by atoms with Crippen LogP contribution in [0.15, 0.2) is 107 Å². The van der Waals surface area contributed by atoms with Crippen LogP contribution in [-0.4, -0.2) is 35.4 Å². The maximum atomic E-state index is 5.48. The molecule has 3 aliphatic carbocycles. The van der Waals surface area contributed by atoms with E-state index in [1.54, 1.807) is 0 Å². The normalized spacial score (nSPS) is 29.3. The highest BCUT2D eigenvalue weighted by atomic mass is 32.1. The van der Waals surface area contributed by atoms with Gasteiger partial charge in [-0.05, 0) is 60.3 Å². The van der Waals surface area contributed by atoms with Gasteiger partial charge in [-0.3, -0.25) is 0 Å². The lowest BCUT2D eigenvalue weighted by Gasteiger charge is -2.41. The second-order valence-electron chi connectivity index (χ2n) is 12.6. The third-order valence-corrected chi connectivity index (χ3v) is 10.9. The lowest BCUT2D eigenvalue weighted by molar-refractivity contribution is 0.397. The summed E-state index contributed by atoms with van der Waals surface area (Å²) in [7, 11) is 2.14. The van der Waals surface area contributed by atoms with Crippen molar-refractivity contribution >= 4 is 45.0 Å². The third-order valence-electron chi connectivity index (χ3n) is 9.72. The molecular weight excluding hydrogens is 533 g/mol. The molecule has 5 heteroatoms. The lowest BCUT2D eigenvalue weighted by Crippen LogP contribution is -2.52. The summed E-state index contributed by atoms with van der Waals surface area (Å²) in [6.07, 6.45) is 22.6. The van der Waals surface area contributed by atoms with Crippen LogP contribution in [0, 0.1) is 5.92 Å². The van der Waals surface area contributed by atoms with E-state index >= 15 is 0 Å². The van der Waals surface area contributed by atoms with E-state index in [9.17, 15) is 0 Å². The van der Waals surface area contributed by atoms with Crippen LogP contribution in [0.4, 0.5) is 5.69 Å². The lowest BCUT2D eigenvalue weighted by atomic mass is 9.80. The van der Waals surface area contributed by atoms with Crippen molar-refractivity contribution in [2.45, 2.75) is 57.2 Å². The Morgan fingerprint density at radius 2 is 1.83 bits per heavy atom. The van der Waals surface area contributed by atoms with Crippen molar-refractivity contribution in [3.63, 3.8) is 0 Å². The Bertz CT molecular complexity index is 1820. The number of nitrogens with zero attached hydrogens (tertiary/aromatic N) is 4. The Labute approximate surface area is 252 Å². The van der Waals surface area contributed by atoms with Gasteiger partial charge in [0, 0.05) is 33.7 Å². The molecule has 3 aromatic rings. The molecule has 0 amide bonds. The van der Waals surface area contributed by atoms with Gasteiger partial charge in [0.15, 0.2) is 0 Å². The van der Waals surface area contributed by atoms with Gasteiger partial charge in [-0.25, -0.2) is 4.99 Å². The highest BCUT2D eigenvalue weighted by Crippen LogP contribution is 2.56. The molecule has 0 N–H and O–H groups in total. The molecule has 0 saturated heterocycles. The van der Waals surface area contributed by atoms with Gasteiger partial charge >= 0.3 is 0 Å². The molecule has 3 heterocycles. The van der Waals surface area contributed by atoms with Crippen molar-refractivity contribution in [2.75, 3.05) is 11.9 Å². The van der Waals surface area contributed by atoms with Crippen LogP contribution < -0.4 is 4.90 Å². The molecule has 0 radical (unpaired) electrons. The van der Waals surface area contributed by atoms with Crippen LogP contribution >= 0.6 is 11.3 Å². The van der Waals surface area contributed by atoms with E-state index < -0.39 is 0 Å². The number of thiophene rings is 1. The van der Waals surface area contributed by atoms with Crippen LogP contribution in [0.5, 0.6) is 0 Å². The summed E-state index contributed by atoms with van der Waals surface area (Å²) >= 11 is 1.96. The molecule has 5 unspecified atom stereocenters. The molecule has 2 aliphatic heterocycles. The fourth-order valence-corrected chi connectivity index (χ4v) is 9.05. The number of guanidine groups is 1. The number of anilines is 1. The summed E-state index contributed by atoms with van der Waals surface area (Å²) in [5.74, 6) is 3.00. The van der Waals surface area contributed by atoms with Crippen LogP contribution in [-0.2, 0) is 0 Å². The fourth-order valence-electron chi connectivity index (χ4n) is 7.62. The number of hydrogen-bond donors (Lipinski definition) is 0. The molecule has 1 aromatic heterocycles. The minimum Gasteiger partial charge on any atom is -0.333 e. The van der Waals surface area contributed by atoms with Crippen LogP contribution in [0.25, 0.3) is 16.2 Å². The first-order valence-electron chi connectivity index (χ1n) is 15.2. The molecule has 0 spiro atoms. The summed E-state index contributed by atoms with van der Waals surface area (Å²) in [5, 5.41) is 1.42. The minimum atomic E-state index is -0.309. The molecule has 0 saturated carbocycles. The Hall–Kier alpha value is -3.96. The standard InChI is InChI=1S/C37H36N4S/c1-23-12-10-16-26(22-23)35-39-36(38-34(40(35)4)25-14-6-5-7-15-25)41-29-20-19-27-31-24(2)13-11-18-30(31)42-33(27)32(29)28-17-8-9-21-37(28,41)3/h5-12,14-21,23-24,28,35H,13,22H2,1-4H3. The van der Waals surface area contributed by atoms with Gasteiger partial charge in [-0.2, -0.15) is 4.99 Å². The van der Waals surface area contributed by atoms with E-state index in [1.807, 2.05) is 11.3 Å². The van der Waals surface area contributed by atoms with E-state index in [2.05, 4.69) is 135 Å². The van der Waals surface area contributed by atoms with Gasteiger partial charge in [0.2, 0.25) is 5.96 Å². The molecule has 2 aromatic carbocycles. The van der Waals surface area contributed by atoms with Crippen molar-refractivity contribution in [2.24, 2.45) is 15.9 Å². The molecule has 4 nitrogen and oxygen atoms in total. The summed E-state index contributed by atoms with van der Waals surface area (Å²) < 4.78 is 1.42. The van der Waals surface area contributed by atoms with Crippen molar-refractivity contribution in [3.8, 4) is 0 Å². The van der Waals surface area contributed by atoms with Gasteiger partial charge in [0.25, 0.3) is 0 Å². The number of likely N-dealkylation sites (N-methyl/N-ethyl adjacent to an activating group) is 1. The second kappa shape index (κ2) is 9.53. The average molecular weight is 569 g/mol. The van der Waals surface area contributed by atoms with Crippen molar-refractivity contribution < 1.29 is 0 Å². The monoisotopic (exact) mass is 568 g/mol. The number of fused-ring (bicyclic) bond motifs is 7. The Balaban J connectivity index is 1.35. The number of allylic oxidation sites excluding steroid dienone is 6. The first-order chi connectivity index (χ1) is 20.4. The van der Waals surface area contributed by atoms with Crippen molar-refractivity contribution in [1.82, 2.24) is 4.90 Å². The largest absolute Gasteiger partial charge is 0.333 e. The minimum absolute atomic E-state index is 0.113. The number of rotatable bonds is 2. The summed E-state index contributed by atoms with van der Waals surface area (Å²) in [6, 6.07) is 15.3. The zero-order valence-corrected chi connectivity index (χ0v) is 25.5. The third kappa shape index (κ3) is 3.72. The quantitative estimate of drug-likeness (QED) is 0.309. The average Bonchev–Trinajstić information content (AvgIpc) is 3.51. The maximum Gasteiger partial charge on any atom is 0.230 e. The topological polar surface area (TPSA) is 31.2 Å². The number of amidine groups is 1. The predicted octanol–water partition coefficient (Wildman–Crippen LogP) is 8.81. The first kappa shape index (κ1) is 25.7. The number of aliphatic imine (C=N–C) groups is 2. The SMILES string of the molecule is CC1C=CC=C(C2N=C(N3c4ccc5c6c(sc5c4C4C=CC=CC43C)C=CCC6C)N=C(c3ccccc3)N2C)C1. The van der Waals surface area contributed by atoms with E-state index in [0.29, 0.717) is 11.8 Å². The molecule has 0 fully saturated rings. The molecule has 42 heavy (non-hydrogen) atoms. The van der Waals surface area contributed by atoms with Gasteiger partial charge in [0.05, 0.1) is 11.2 Å². The number of hydrogen-bond acceptors (Lipinski definition) is 5. The van der Waals surface area contributed by atoms with E-state index in [0.717, 1.165) is 30.2 Å². The molecule has 5 atom stereocenters. The summed E-state index contributed by atoms with van der Waals surface area (Å²) in [5.41, 5.74) is 6.29. The van der Waals surface area contributed by atoms with E-state index in [-0.39, 0.29) is 17.6 Å². The Kier molecular flexibility index (Phi) is 5.84. The first-order valence-corrected chi connectivity index (χ1v) is 16.0. The molecule has 210 valence electrons. The second-order valence-corrected chi connectivity index (χ2v) is 13.7. The smallest absolute Gasteiger partial charge is 0.230 e. The highest BCUT2D eigenvalue weighted by Gasteiger charge is 2.50. The van der Waals surface area contributed by atoms with Crippen molar-refractivity contribution in [1.29, 1.82) is 0 Å². The zero-order valence-electron chi connectivity index (χ0n) is 24.7. The van der Waals surface area contributed by atoms with Crippen LogP contribution in [0.3, 0.4) is 0 Å². The summed E-state index contributed by atoms with van der Waals surface area (Å²) in [4.78, 5) is 17.0. The number of benzene rings is 2. The Morgan fingerprint density at radius 3 is 2.67 bits per heavy atom. The van der Waals surface area contributed by atoms with Gasteiger partial charge in [-0.15, -0.1) is 11.3 Å².